The van der Waals surface area contributed by atoms with Gasteiger partial charge in [-0.2, -0.15) is 0 Å². The lowest BCUT2D eigenvalue weighted by Gasteiger charge is -2.03. The third-order valence-corrected chi connectivity index (χ3v) is 1.18. The summed E-state index contributed by atoms with van der Waals surface area (Å²) in [5.74, 6) is -1.94. The third kappa shape index (κ3) is 4.13. The lowest BCUT2D eigenvalue weighted by Crippen LogP contribution is -2.22. The van der Waals surface area contributed by atoms with E-state index in [-0.39, 0.29) is 12.3 Å². The summed E-state index contributed by atoms with van der Waals surface area (Å²) < 4.78 is 0. The first kappa shape index (κ1) is 9.68. The summed E-state index contributed by atoms with van der Waals surface area (Å²) in [5.41, 5.74) is 0. The van der Waals surface area contributed by atoms with Crippen LogP contribution < -0.4 is 5.32 Å². The maximum atomic E-state index is 10.7. The summed E-state index contributed by atoms with van der Waals surface area (Å²) in [4.78, 5) is 20.9. The molecule has 0 saturated carbocycles. The van der Waals surface area contributed by atoms with Crippen LogP contribution in [0.15, 0.2) is 12.8 Å². The first-order valence-corrected chi connectivity index (χ1v) is 3.21. The average Bonchev–Trinajstić information content (AvgIpc) is 1.87. The Morgan fingerprint density at radius 3 is 2.64 bits per heavy atom. The Hall–Kier alpha value is -1.32. The Kier molecular flexibility index (Phi) is 3.95. The second kappa shape index (κ2) is 4.49. The molecule has 0 saturated heterocycles. The zero-order valence-electron chi connectivity index (χ0n) is 6.33. The zero-order valence-corrected chi connectivity index (χ0v) is 6.33. The molecule has 2 N–H and O–H groups in total. The molecule has 0 aliphatic rings. The van der Waals surface area contributed by atoms with Crippen LogP contribution >= 0.6 is 0 Å². The minimum atomic E-state index is -0.968. The van der Waals surface area contributed by atoms with Crippen molar-refractivity contribution in [3.05, 3.63) is 12.8 Å². The number of hydrogen-bond acceptors (Lipinski definition) is 2. The van der Waals surface area contributed by atoms with Gasteiger partial charge in [0.1, 0.15) is 0 Å². The molecule has 1 amide bonds. The summed E-state index contributed by atoms with van der Waals surface area (Å²) >= 11 is 0. The van der Waals surface area contributed by atoms with E-state index >= 15 is 0 Å². The fraction of sp³-hybridized carbons (Fsp3) is 0.429. The average molecular weight is 157 g/mol. The molecule has 0 aromatic rings. The molecule has 0 aromatic heterocycles. The molecule has 1 atom stereocenters. The van der Waals surface area contributed by atoms with E-state index in [1.165, 1.54) is 13.1 Å². The molecule has 0 spiro atoms. The van der Waals surface area contributed by atoms with Crippen molar-refractivity contribution in [1.29, 1.82) is 0 Å². The number of carbonyl (C=O) groups excluding carboxylic acids is 1. The number of carbonyl (C=O) groups is 2. The van der Waals surface area contributed by atoms with Gasteiger partial charge in [0.05, 0.1) is 5.92 Å². The molecule has 0 aliphatic carbocycles. The maximum absolute atomic E-state index is 10.7. The number of aliphatic carboxylic acids is 1. The summed E-state index contributed by atoms with van der Waals surface area (Å²) in [6, 6.07) is 0. The summed E-state index contributed by atoms with van der Waals surface area (Å²) in [6.45, 7) is 4.75. The van der Waals surface area contributed by atoms with Crippen molar-refractivity contribution in [2.45, 2.75) is 13.3 Å². The zero-order chi connectivity index (χ0) is 8.85. The van der Waals surface area contributed by atoms with Crippen LogP contribution in [0.1, 0.15) is 13.3 Å². The Bertz CT molecular complexity index is 177. The van der Waals surface area contributed by atoms with Gasteiger partial charge in [-0.1, -0.05) is 13.5 Å². The van der Waals surface area contributed by atoms with E-state index in [1.807, 2.05) is 0 Å². The van der Waals surface area contributed by atoms with Crippen LogP contribution in [0, 0.1) is 5.92 Å². The molecule has 0 bridgehead atoms. The molecule has 0 radical (unpaired) electrons. The number of rotatable bonds is 4. The van der Waals surface area contributed by atoms with Crippen LogP contribution in [0.2, 0.25) is 0 Å². The van der Waals surface area contributed by atoms with Crippen molar-refractivity contribution in [2.24, 2.45) is 5.92 Å². The lowest BCUT2D eigenvalue weighted by molar-refractivity contribution is -0.143. The van der Waals surface area contributed by atoms with Crippen LogP contribution in [0.3, 0.4) is 0 Å². The number of carboxylic acid groups (broad SMARTS) is 1. The van der Waals surface area contributed by atoms with Gasteiger partial charge in [0, 0.05) is 6.42 Å². The van der Waals surface area contributed by atoms with Gasteiger partial charge < -0.3 is 10.4 Å². The van der Waals surface area contributed by atoms with E-state index in [9.17, 15) is 9.59 Å². The van der Waals surface area contributed by atoms with E-state index in [0.717, 1.165) is 0 Å². The van der Waals surface area contributed by atoms with E-state index < -0.39 is 11.9 Å². The fourth-order valence-corrected chi connectivity index (χ4v) is 0.538. The summed E-state index contributed by atoms with van der Waals surface area (Å²) in [7, 11) is 0. The van der Waals surface area contributed by atoms with Crippen molar-refractivity contribution in [2.75, 3.05) is 0 Å². The minimum Gasteiger partial charge on any atom is -0.481 e. The standard InChI is InChI=1S/C7H11NO3/c1-3-8-6(9)4-5(2)7(10)11/h3,5H,1,4H2,2H3,(H,8,9)(H,10,11). The Labute approximate surface area is 64.9 Å². The quantitative estimate of drug-likeness (QED) is 0.619. The van der Waals surface area contributed by atoms with E-state index in [2.05, 4.69) is 11.9 Å². The van der Waals surface area contributed by atoms with Crippen molar-refractivity contribution in [1.82, 2.24) is 5.32 Å². The molecule has 4 nitrogen and oxygen atoms in total. The topological polar surface area (TPSA) is 66.4 Å². The number of amides is 1. The fourth-order valence-electron chi connectivity index (χ4n) is 0.538. The minimum absolute atomic E-state index is 0.0125. The molecule has 0 heterocycles. The number of hydrogen-bond donors (Lipinski definition) is 2. The molecule has 0 fully saturated rings. The maximum Gasteiger partial charge on any atom is 0.306 e. The van der Waals surface area contributed by atoms with E-state index in [4.69, 9.17) is 5.11 Å². The second-order valence-corrected chi connectivity index (χ2v) is 2.22. The number of carboxylic acids is 1. The highest BCUT2D eigenvalue weighted by atomic mass is 16.4. The van der Waals surface area contributed by atoms with Crippen molar-refractivity contribution in [3.8, 4) is 0 Å². The van der Waals surface area contributed by atoms with Crippen LogP contribution in [0.5, 0.6) is 0 Å². The predicted molar refractivity (Wildman–Crippen MR) is 39.8 cm³/mol. The summed E-state index contributed by atoms with van der Waals surface area (Å²) in [6.07, 6.45) is 1.22. The largest absolute Gasteiger partial charge is 0.481 e. The van der Waals surface area contributed by atoms with E-state index in [0.29, 0.717) is 0 Å². The van der Waals surface area contributed by atoms with Crippen molar-refractivity contribution < 1.29 is 14.7 Å². The molecule has 0 rings (SSSR count). The molecule has 0 aromatic carbocycles. The third-order valence-electron chi connectivity index (χ3n) is 1.18. The van der Waals surface area contributed by atoms with Crippen LogP contribution in [0.4, 0.5) is 0 Å². The van der Waals surface area contributed by atoms with Gasteiger partial charge in [-0.15, -0.1) is 0 Å². The Morgan fingerprint density at radius 2 is 2.27 bits per heavy atom. The van der Waals surface area contributed by atoms with Gasteiger partial charge in [0.25, 0.3) is 0 Å². The number of nitrogens with one attached hydrogen (secondary N) is 1. The monoisotopic (exact) mass is 157 g/mol. The molecule has 62 valence electrons. The van der Waals surface area contributed by atoms with Gasteiger partial charge in [0.15, 0.2) is 0 Å². The van der Waals surface area contributed by atoms with Crippen molar-refractivity contribution >= 4 is 11.9 Å². The molecule has 0 aliphatic heterocycles. The highest BCUT2D eigenvalue weighted by molar-refractivity contribution is 5.82. The van der Waals surface area contributed by atoms with Crippen molar-refractivity contribution in [3.63, 3.8) is 0 Å². The normalized spacial score (nSPS) is 11.7. The molecule has 1 unspecified atom stereocenters. The Balaban J connectivity index is 3.74. The highest BCUT2D eigenvalue weighted by Crippen LogP contribution is 2.00. The summed E-state index contributed by atoms with van der Waals surface area (Å²) in [5, 5.41) is 10.7. The van der Waals surface area contributed by atoms with Gasteiger partial charge in [-0.05, 0) is 6.20 Å². The smallest absolute Gasteiger partial charge is 0.306 e. The van der Waals surface area contributed by atoms with Crippen LogP contribution in [-0.2, 0) is 9.59 Å². The molecular formula is C7H11NO3. The molecule has 4 heteroatoms. The molecular weight excluding hydrogens is 146 g/mol. The van der Waals surface area contributed by atoms with Gasteiger partial charge in [0.2, 0.25) is 5.91 Å². The molecule has 11 heavy (non-hydrogen) atoms. The first-order chi connectivity index (χ1) is 5.07. The van der Waals surface area contributed by atoms with Gasteiger partial charge >= 0.3 is 5.97 Å². The second-order valence-electron chi connectivity index (χ2n) is 2.22. The van der Waals surface area contributed by atoms with Gasteiger partial charge in [-0.3, -0.25) is 9.59 Å². The van der Waals surface area contributed by atoms with Crippen LogP contribution in [0.25, 0.3) is 0 Å². The van der Waals surface area contributed by atoms with Gasteiger partial charge in [-0.25, -0.2) is 0 Å². The van der Waals surface area contributed by atoms with E-state index in [1.54, 1.807) is 0 Å². The highest BCUT2D eigenvalue weighted by Gasteiger charge is 2.14. The SMILES string of the molecule is C=CNC(=O)CC(C)C(=O)O. The Morgan fingerprint density at radius 1 is 1.73 bits per heavy atom. The lowest BCUT2D eigenvalue weighted by atomic mass is 10.1. The first-order valence-electron chi connectivity index (χ1n) is 3.21. The van der Waals surface area contributed by atoms with Crippen LogP contribution in [-0.4, -0.2) is 17.0 Å². The predicted octanol–water partition coefficient (Wildman–Crippen LogP) is 0.357.